The maximum absolute atomic E-state index is 4.32. The largest absolute Gasteiger partial charge is 0.0943 e. The molecular weight excluding hydrogens is 228 g/mol. The minimum absolute atomic E-state index is 0.408. The molecule has 0 aliphatic heterocycles. The van der Waals surface area contributed by atoms with Gasteiger partial charge in [-0.3, -0.25) is 0 Å². The molecule has 2 aromatic carbocycles. The molecule has 2 aliphatic carbocycles. The van der Waals surface area contributed by atoms with Crippen LogP contribution in [0.4, 0.5) is 0 Å². The van der Waals surface area contributed by atoms with Crippen LogP contribution in [-0.4, -0.2) is 0 Å². The number of hydrogen-bond donors (Lipinski definition) is 0. The number of rotatable bonds is 2. The molecule has 1 atom stereocenters. The van der Waals surface area contributed by atoms with Crippen molar-refractivity contribution in [3.8, 4) is 0 Å². The van der Waals surface area contributed by atoms with E-state index in [9.17, 15) is 0 Å². The number of fused-ring (bicyclic) bond motifs is 3. The second-order valence-corrected chi connectivity index (χ2v) is 5.19. The van der Waals surface area contributed by atoms with E-state index in [1.54, 1.807) is 0 Å². The lowest BCUT2D eigenvalue weighted by Gasteiger charge is -2.33. The van der Waals surface area contributed by atoms with Gasteiger partial charge in [-0.15, -0.1) is 0 Å². The van der Waals surface area contributed by atoms with Gasteiger partial charge in [0.1, 0.15) is 0 Å². The smallest absolute Gasteiger partial charge is 0.0340 e. The molecule has 0 amide bonds. The van der Waals surface area contributed by atoms with Crippen molar-refractivity contribution >= 4 is 16.3 Å². The Morgan fingerprint density at radius 2 is 1.79 bits per heavy atom. The van der Waals surface area contributed by atoms with E-state index in [2.05, 4.69) is 73.3 Å². The van der Waals surface area contributed by atoms with Crippen LogP contribution in [0.5, 0.6) is 0 Å². The fourth-order valence-electron chi connectivity index (χ4n) is 2.97. The number of benzene rings is 2. The maximum atomic E-state index is 4.32. The summed E-state index contributed by atoms with van der Waals surface area (Å²) in [6.07, 6.45) is 8.74. The Kier molecular flexibility index (Phi) is 2.13. The van der Waals surface area contributed by atoms with Crippen LogP contribution in [0.1, 0.15) is 5.56 Å². The predicted octanol–water partition coefficient (Wildman–Crippen LogP) is 4.91. The third-order valence-electron chi connectivity index (χ3n) is 4.05. The van der Waals surface area contributed by atoms with Crippen LogP contribution in [0.3, 0.4) is 0 Å². The van der Waals surface area contributed by atoms with Crippen molar-refractivity contribution in [2.24, 2.45) is 5.92 Å². The molecule has 0 spiro atoms. The summed E-state index contributed by atoms with van der Waals surface area (Å²) in [5, 5.41) is 2.57. The van der Waals surface area contributed by atoms with E-state index in [1.807, 2.05) is 0 Å². The molecule has 0 aromatic heterocycles. The van der Waals surface area contributed by atoms with Crippen molar-refractivity contribution in [1.82, 2.24) is 0 Å². The van der Waals surface area contributed by atoms with Gasteiger partial charge in [0.25, 0.3) is 0 Å². The van der Waals surface area contributed by atoms with E-state index in [0.717, 1.165) is 0 Å². The molecule has 0 N–H and O–H groups in total. The van der Waals surface area contributed by atoms with Crippen molar-refractivity contribution in [2.75, 3.05) is 0 Å². The summed E-state index contributed by atoms with van der Waals surface area (Å²) in [6.45, 7) is 4.32. The summed E-state index contributed by atoms with van der Waals surface area (Å²) >= 11 is 0. The lowest BCUT2D eigenvalue weighted by molar-refractivity contribution is 0.895. The van der Waals surface area contributed by atoms with Crippen molar-refractivity contribution in [3.63, 3.8) is 0 Å². The zero-order chi connectivity index (χ0) is 12.8. The molecule has 19 heavy (non-hydrogen) atoms. The second-order valence-electron chi connectivity index (χ2n) is 5.19. The van der Waals surface area contributed by atoms with Crippen LogP contribution in [-0.2, 0) is 0 Å². The lowest BCUT2D eigenvalue weighted by Crippen LogP contribution is -2.18. The Morgan fingerprint density at radius 1 is 0.947 bits per heavy atom. The van der Waals surface area contributed by atoms with Gasteiger partial charge in [-0.2, -0.15) is 0 Å². The Bertz CT molecular complexity index is 773. The van der Waals surface area contributed by atoms with Gasteiger partial charge in [-0.25, -0.2) is 0 Å². The molecule has 2 aliphatic rings. The summed E-state index contributed by atoms with van der Waals surface area (Å²) in [5.41, 5.74) is 5.22. The molecule has 0 saturated heterocycles. The first-order valence-corrected chi connectivity index (χ1v) is 6.61. The Balaban J connectivity index is 1.75. The molecule has 2 bridgehead atoms. The normalized spacial score (nSPS) is 19.7. The van der Waals surface area contributed by atoms with Crippen LogP contribution in [0.2, 0.25) is 0 Å². The van der Waals surface area contributed by atoms with Crippen LogP contribution in [0.15, 0.2) is 84.5 Å². The highest BCUT2D eigenvalue weighted by Gasteiger charge is 2.29. The zero-order valence-corrected chi connectivity index (χ0v) is 10.6. The summed E-state index contributed by atoms with van der Waals surface area (Å²) in [4.78, 5) is 0. The van der Waals surface area contributed by atoms with E-state index < -0.39 is 0 Å². The van der Waals surface area contributed by atoms with Gasteiger partial charge in [-0.05, 0) is 39.1 Å². The van der Waals surface area contributed by atoms with Crippen molar-refractivity contribution < 1.29 is 0 Å². The van der Waals surface area contributed by atoms with Gasteiger partial charge < -0.3 is 0 Å². The van der Waals surface area contributed by atoms with Gasteiger partial charge in [0.05, 0.1) is 0 Å². The van der Waals surface area contributed by atoms with Crippen molar-refractivity contribution in [3.05, 3.63) is 90.1 Å². The summed E-state index contributed by atoms with van der Waals surface area (Å²) in [5.74, 6) is 0.408. The fraction of sp³-hybridized carbons (Fsp3) is 0.0526. The molecule has 1 unspecified atom stereocenters. The second kappa shape index (κ2) is 3.83. The van der Waals surface area contributed by atoms with Crippen LogP contribution >= 0.6 is 0 Å². The molecule has 0 fully saturated rings. The van der Waals surface area contributed by atoms with Gasteiger partial charge >= 0.3 is 0 Å². The summed E-state index contributed by atoms with van der Waals surface area (Å²) in [7, 11) is 0. The lowest BCUT2D eigenvalue weighted by atomic mass is 9.71. The third kappa shape index (κ3) is 1.53. The zero-order valence-electron chi connectivity index (χ0n) is 10.6. The van der Waals surface area contributed by atoms with Gasteiger partial charge in [-0.1, -0.05) is 67.3 Å². The van der Waals surface area contributed by atoms with Crippen molar-refractivity contribution in [1.29, 1.82) is 0 Å². The molecule has 90 valence electrons. The highest BCUT2D eigenvalue weighted by Crippen LogP contribution is 2.45. The van der Waals surface area contributed by atoms with E-state index in [0.29, 0.717) is 5.92 Å². The molecule has 0 heterocycles. The predicted molar refractivity (Wildman–Crippen MR) is 81.8 cm³/mol. The van der Waals surface area contributed by atoms with Crippen LogP contribution < -0.4 is 0 Å². The first-order valence-electron chi connectivity index (χ1n) is 6.61. The minimum atomic E-state index is 0.408. The minimum Gasteiger partial charge on any atom is -0.0943 e. The number of allylic oxidation sites excluding steroid dienone is 7. The first-order chi connectivity index (χ1) is 9.33. The Morgan fingerprint density at radius 3 is 2.53 bits per heavy atom. The van der Waals surface area contributed by atoms with E-state index in [4.69, 9.17) is 0 Å². The van der Waals surface area contributed by atoms with Gasteiger partial charge in [0.15, 0.2) is 0 Å². The fourth-order valence-corrected chi connectivity index (χ4v) is 2.97. The quantitative estimate of drug-likeness (QED) is 0.702. The molecule has 0 radical (unpaired) electrons. The summed E-state index contributed by atoms with van der Waals surface area (Å²) < 4.78 is 0. The van der Waals surface area contributed by atoms with E-state index in [1.165, 1.54) is 33.1 Å². The number of hydrogen-bond acceptors (Lipinski definition) is 0. The standard InChI is InChI=1S/C19H14/c1-13(19-17-7-4-8-18(19)12-17)15-10-9-14-5-2-3-6-16(14)11-15/h2-12,19H,1H2. The average molecular weight is 242 g/mol. The van der Waals surface area contributed by atoms with Gasteiger partial charge in [0.2, 0.25) is 0 Å². The topological polar surface area (TPSA) is 0 Å². The Hall–Kier alpha value is -2.34. The SMILES string of the molecule is C=C(c1ccc2ccccc2c1)C1c2cccc1c2. The van der Waals surface area contributed by atoms with E-state index in [-0.39, 0.29) is 0 Å². The van der Waals surface area contributed by atoms with E-state index >= 15 is 0 Å². The molecular formula is C19H14. The average Bonchev–Trinajstić information content (AvgIpc) is 2.47. The van der Waals surface area contributed by atoms with Gasteiger partial charge in [0, 0.05) is 5.92 Å². The molecule has 0 heteroatoms. The van der Waals surface area contributed by atoms with Crippen LogP contribution in [0, 0.1) is 5.92 Å². The monoisotopic (exact) mass is 242 g/mol. The Labute approximate surface area is 113 Å². The molecule has 4 rings (SSSR count). The maximum Gasteiger partial charge on any atom is 0.0340 e. The summed E-state index contributed by atoms with van der Waals surface area (Å²) in [6, 6.07) is 15.1. The first kappa shape index (κ1) is 10.6. The van der Waals surface area contributed by atoms with Crippen LogP contribution in [0.25, 0.3) is 16.3 Å². The molecule has 0 saturated carbocycles. The van der Waals surface area contributed by atoms with Crippen molar-refractivity contribution in [2.45, 2.75) is 0 Å². The third-order valence-corrected chi connectivity index (χ3v) is 4.05. The molecule has 0 nitrogen and oxygen atoms in total. The highest BCUT2D eigenvalue weighted by atomic mass is 14.3. The molecule has 2 aromatic rings. The highest BCUT2D eigenvalue weighted by molar-refractivity contribution is 5.88.